The molecule has 0 aliphatic heterocycles. The van der Waals surface area contributed by atoms with E-state index in [2.05, 4.69) is 22.1 Å². The third kappa shape index (κ3) is 7.55. The third-order valence-electron chi connectivity index (χ3n) is 5.58. The molecule has 0 unspecified atom stereocenters. The van der Waals surface area contributed by atoms with Crippen LogP contribution in [0.1, 0.15) is 28.7 Å². The van der Waals surface area contributed by atoms with Crippen LogP contribution in [0.3, 0.4) is 0 Å². The van der Waals surface area contributed by atoms with E-state index in [1.165, 1.54) is 23.5 Å². The Morgan fingerprint density at radius 2 is 1.93 bits per heavy atom. The maximum atomic E-state index is 13.0. The average molecular weight is 603 g/mol. The van der Waals surface area contributed by atoms with Gasteiger partial charge in [0.2, 0.25) is 5.91 Å². The van der Waals surface area contributed by atoms with Gasteiger partial charge in [0.1, 0.15) is 22.9 Å². The van der Waals surface area contributed by atoms with E-state index in [1.54, 1.807) is 22.9 Å². The number of carbonyl (C=O) groups is 2. The highest BCUT2D eigenvalue weighted by atomic mass is 32.2. The molecule has 41 heavy (non-hydrogen) atoms. The van der Waals surface area contributed by atoms with Crippen LogP contribution >= 0.6 is 23.1 Å². The molecule has 0 aliphatic carbocycles. The van der Waals surface area contributed by atoms with Crippen LogP contribution in [-0.4, -0.2) is 39.0 Å². The number of amides is 1. The predicted molar refractivity (Wildman–Crippen MR) is 151 cm³/mol. The van der Waals surface area contributed by atoms with Crippen LogP contribution in [0, 0.1) is 0 Å². The van der Waals surface area contributed by atoms with E-state index in [4.69, 9.17) is 9.47 Å². The van der Waals surface area contributed by atoms with Crippen LogP contribution in [0.4, 0.5) is 18.2 Å². The Kier molecular flexibility index (Phi) is 9.84. The molecule has 1 amide bonds. The lowest BCUT2D eigenvalue weighted by molar-refractivity contribution is -0.137. The van der Waals surface area contributed by atoms with Gasteiger partial charge in [-0.05, 0) is 30.7 Å². The monoisotopic (exact) mass is 602 g/mol. The number of rotatable bonds is 12. The number of nitrogens with one attached hydrogen (secondary N) is 1. The van der Waals surface area contributed by atoms with Crippen molar-refractivity contribution in [2.45, 2.75) is 31.4 Å². The van der Waals surface area contributed by atoms with Crippen LogP contribution < -0.4 is 10.1 Å². The fourth-order valence-corrected chi connectivity index (χ4v) is 5.47. The van der Waals surface area contributed by atoms with Gasteiger partial charge in [0, 0.05) is 17.5 Å². The summed E-state index contributed by atoms with van der Waals surface area (Å²) in [6, 6.07) is 13.9. The number of hydrogen-bond donors (Lipinski definition) is 1. The fraction of sp³-hybridized carbons (Fsp3) is 0.214. The first-order valence-electron chi connectivity index (χ1n) is 12.3. The molecule has 13 heteroatoms. The molecule has 0 aliphatic rings. The highest BCUT2D eigenvalue weighted by molar-refractivity contribution is 7.99. The number of alkyl halides is 3. The smallest absolute Gasteiger partial charge is 0.416 e. The number of allylic oxidation sites excluding steroid dienone is 1. The Bertz CT molecular complexity index is 1520. The van der Waals surface area contributed by atoms with Gasteiger partial charge in [-0.2, -0.15) is 13.2 Å². The Hall–Kier alpha value is -4.10. The Labute approximate surface area is 242 Å². The largest absolute Gasteiger partial charge is 0.486 e. The molecule has 0 saturated heterocycles. The molecule has 4 aromatic rings. The summed E-state index contributed by atoms with van der Waals surface area (Å²) in [6.07, 6.45) is -2.89. The van der Waals surface area contributed by atoms with Crippen molar-refractivity contribution in [3.05, 3.63) is 89.6 Å². The van der Waals surface area contributed by atoms with Crippen molar-refractivity contribution in [1.82, 2.24) is 14.8 Å². The minimum atomic E-state index is -4.49. The van der Waals surface area contributed by atoms with Gasteiger partial charge in [0.15, 0.2) is 11.0 Å². The van der Waals surface area contributed by atoms with Crippen molar-refractivity contribution in [3.63, 3.8) is 0 Å². The normalized spacial score (nSPS) is 11.2. The number of halogens is 3. The molecular weight excluding hydrogens is 577 g/mol. The Morgan fingerprint density at radius 3 is 2.63 bits per heavy atom. The van der Waals surface area contributed by atoms with Crippen LogP contribution in [0.25, 0.3) is 11.1 Å². The van der Waals surface area contributed by atoms with Gasteiger partial charge in [-0.25, -0.2) is 4.79 Å². The number of carbonyl (C=O) groups excluding carboxylic acids is 2. The topological polar surface area (TPSA) is 95.3 Å². The van der Waals surface area contributed by atoms with Crippen LogP contribution in [-0.2, 0) is 28.9 Å². The molecule has 214 valence electrons. The molecule has 4 rings (SSSR count). The predicted octanol–water partition coefficient (Wildman–Crippen LogP) is 6.70. The molecule has 0 atom stereocenters. The molecule has 0 spiro atoms. The van der Waals surface area contributed by atoms with E-state index in [-0.39, 0.29) is 42.7 Å². The number of thiophene rings is 1. The zero-order valence-electron chi connectivity index (χ0n) is 21.8. The van der Waals surface area contributed by atoms with E-state index in [0.717, 1.165) is 29.5 Å². The van der Waals surface area contributed by atoms with Crippen molar-refractivity contribution in [1.29, 1.82) is 0 Å². The number of ether oxygens (including phenoxy) is 2. The standard InChI is InChI=1S/C28H25F3N4O4S2/c1-3-13-35-22(15-39-20-12-8-11-19(14-20)28(29,30)31)33-34-27(35)41-17-23(36)32-25-24(26(37)38-4-2)21(16-40-25)18-9-6-5-7-10-18/h3,5-12,14,16H,1,4,13,15,17H2,2H3,(H,32,36). The molecule has 0 radical (unpaired) electrons. The molecular formula is C28H25F3N4O4S2. The van der Waals surface area contributed by atoms with Crippen molar-refractivity contribution in [3.8, 4) is 16.9 Å². The van der Waals surface area contributed by atoms with Crippen LogP contribution in [0.15, 0.2) is 77.8 Å². The second-order valence-corrected chi connectivity index (χ2v) is 10.2. The van der Waals surface area contributed by atoms with Crippen molar-refractivity contribution >= 4 is 40.0 Å². The second kappa shape index (κ2) is 13.5. The zero-order chi connectivity index (χ0) is 29.4. The lowest BCUT2D eigenvalue weighted by Gasteiger charge is -2.11. The summed E-state index contributed by atoms with van der Waals surface area (Å²) >= 11 is 2.33. The Balaban J connectivity index is 1.44. The highest BCUT2D eigenvalue weighted by Crippen LogP contribution is 2.36. The number of nitrogens with zero attached hydrogens (tertiary/aromatic N) is 3. The number of benzene rings is 2. The van der Waals surface area contributed by atoms with E-state index >= 15 is 0 Å². The third-order valence-corrected chi connectivity index (χ3v) is 7.44. The maximum absolute atomic E-state index is 13.0. The SMILES string of the molecule is C=CCn1c(COc2cccc(C(F)(F)F)c2)nnc1SCC(=O)Nc1scc(-c2ccccc2)c1C(=O)OCC. The maximum Gasteiger partial charge on any atom is 0.416 e. The minimum absolute atomic E-state index is 0.0322. The molecule has 2 aromatic heterocycles. The van der Waals surface area contributed by atoms with Gasteiger partial charge in [-0.1, -0.05) is 54.2 Å². The van der Waals surface area contributed by atoms with Gasteiger partial charge < -0.3 is 14.8 Å². The number of anilines is 1. The summed E-state index contributed by atoms with van der Waals surface area (Å²) in [5, 5.41) is 13.6. The second-order valence-electron chi connectivity index (χ2n) is 8.39. The van der Waals surface area contributed by atoms with E-state index < -0.39 is 17.7 Å². The van der Waals surface area contributed by atoms with Gasteiger partial charge in [0.25, 0.3) is 0 Å². The summed E-state index contributed by atoms with van der Waals surface area (Å²) in [4.78, 5) is 25.7. The fourth-order valence-electron chi connectivity index (χ4n) is 3.73. The lowest BCUT2D eigenvalue weighted by Crippen LogP contribution is -2.17. The molecule has 0 fully saturated rings. The summed E-state index contributed by atoms with van der Waals surface area (Å²) in [7, 11) is 0. The first-order valence-corrected chi connectivity index (χ1v) is 14.2. The quantitative estimate of drug-likeness (QED) is 0.110. The molecule has 2 aromatic carbocycles. The van der Waals surface area contributed by atoms with Gasteiger partial charge >= 0.3 is 12.1 Å². The summed E-state index contributed by atoms with van der Waals surface area (Å²) in [5.74, 6) is -0.584. The average Bonchev–Trinajstić information content (AvgIpc) is 3.55. The molecule has 2 heterocycles. The molecule has 0 bridgehead atoms. The number of aromatic nitrogens is 3. The van der Waals surface area contributed by atoms with Gasteiger partial charge in [-0.3, -0.25) is 9.36 Å². The summed E-state index contributed by atoms with van der Waals surface area (Å²) in [5.41, 5.74) is 0.940. The molecule has 1 N–H and O–H groups in total. The summed E-state index contributed by atoms with van der Waals surface area (Å²) < 4.78 is 51.5. The number of hydrogen-bond acceptors (Lipinski definition) is 8. The zero-order valence-corrected chi connectivity index (χ0v) is 23.4. The highest BCUT2D eigenvalue weighted by Gasteiger charge is 2.30. The lowest BCUT2D eigenvalue weighted by atomic mass is 10.0. The minimum Gasteiger partial charge on any atom is -0.486 e. The van der Waals surface area contributed by atoms with Crippen LogP contribution in [0.5, 0.6) is 5.75 Å². The number of esters is 1. The van der Waals surface area contributed by atoms with Crippen molar-refractivity contribution in [2.24, 2.45) is 0 Å². The summed E-state index contributed by atoms with van der Waals surface area (Å²) in [6.45, 7) is 5.76. The first kappa shape index (κ1) is 29.9. The Morgan fingerprint density at radius 1 is 1.15 bits per heavy atom. The first-order chi connectivity index (χ1) is 19.7. The van der Waals surface area contributed by atoms with E-state index in [1.807, 2.05) is 30.3 Å². The van der Waals surface area contributed by atoms with Gasteiger partial charge in [-0.15, -0.1) is 28.1 Å². The molecule has 8 nitrogen and oxygen atoms in total. The van der Waals surface area contributed by atoms with Crippen LogP contribution in [0.2, 0.25) is 0 Å². The van der Waals surface area contributed by atoms with Crippen molar-refractivity contribution < 1.29 is 32.2 Å². The van der Waals surface area contributed by atoms with E-state index in [0.29, 0.717) is 21.5 Å². The van der Waals surface area contributed by atoms with Gasteiger partial charge in [0.05, 0.1) is 17.9 Å². The van der Waals surface area contributed by atoms with E-state index in [9.17, 15) is 22.8 Å². The number of thioether (sulfide) groups is 1. The van der Waals surface area contributed by atoms with Crippen molar-refractivity contribution in [2.75, 3.05) is 17.7 Å². The molecule has 0 saturated carbocycles.